The second-order valence-electron chi connectivity index (χ2n) is 4.87. The molecule has 0 radical (unpaired) electrons. The van der Waals surface area contributed by atoms with Crippen LogP contribution in [0.25, 0.3) is 0 Å². The Morgan fingerprint density at radius 3 is 2.65 bits per heavy atom. The molecular formula is C14H19ClN2O3. The summed E-state index contributed by atoms with van der Waals surface area (Å²) in [5.41, 5.74) is 0.189. The molecule has 0 saturated heterocycles. The molecule has 0 aliphatic heterocycles. The third-order valence-electron chi connectivity index (χ3n) is 2.54. The van der Waals surface area contributed by atoms with Gasteiger partial charge in [-0.2, -0.15) is 0 Å². The highest BCUT2D eigenvalue weighted by molar-refractivity contribution is 6.33. The summed E-state index contributed by atoms with van der Waals surface area (Å²) in [7, 11) is 0. The molecule has 0 fully saturated rings. The van der Waals surface area contributed by atoms with Crippen LogP contribution in [0.1, 0.15) is 30.6 Å². The molecule has 110 valence electrons. The van der Waals surface area contributed by atoms with Gasteiger partial charge in [0, 0.05) is 19.5 Å². The first-order chi connectivity index (χ1) is 9.40. The molecule has 6 heteroatoms. The molecule has 1 rings (SSSR count). The number of carbonyl (C=O) groups is 2. The standard InChI is InChI=1S/C14H19ClN2O3/c1-9(2)8-17-13(19)5-6-16-14(20)11-7-10(18)3-4-12(11)15/h3-4,7,9,18H,5-6,8H2,1-2H3,(H,16,20)(H,17,19). The van der Waals surface area contributed by atoms with E-state index in [1.165, 1.54) is 18.2 Å². The molecule has 0 bridgehead atoms. The molecule has 5 nitrogen and oxygen atoms in total. The van der Waals surface area contributed by atoms with Gasteiger partial charge in [-0.25, -0.2) is 0 Å². The Bertz CT molecular complexity index is 489. The third kappa shape index (κ3) is 5.48. The number of rotatable bonds is 6. The lowest BCUT2D eigenvalue weighted by Crippen LogP contribution is -2.32. The first kappa shape index (κ1) is 16.3. The van der Waals surface area contributed by atoms with Crippen LogP contribution < -0.4 is 10.6 Å². The Morgan fingerprint density at radius 1 is 1.30 bits per heavy atom. The number of amides is 2. The maximum Gasteiger partial charge on any atom is 0.252 e. The van der Waals surface area contributed by atoms with E-state index in [9.17, 15) is 14.7 Å². The number of phenols is 1. The number of phenolic OH excluding ortho intramolecular Hbond substituents is 1. The van der Waals surface area contributed by atoms with E-state index in [2.05, 4.69) is 10.6 Å². The van der Waals surface area contributed by atoms with Crippen molar-refractivity contribution < 1.29 is 14.7 Å². The van der Waals surface area contributed by atoms with E-state index < -0.39 is 5.91 Å². The Hall–Kier alpha value is -1.75. The maximum atomic E-state index is 11.8. The fraction of sp³-hybridized carbons (Fsp3) is 0.429. The van der Waals surface area contributed by atoms with Crippen LogP contribution in [0.2, 0.25) is 5.02 Å². The van der Waals surface area contributed by atoms with E-state index in [0.717, 1.165) is 0 Å². The Kier molecular flexibility index (Phi) is 6.31. The number of hydrogen-bond donors (Lipinski definition) is 3. The van der Waals surface area contributed by atoms with Gasteiger partial charge in [-0.1, -0.05) is 25.4 Å². The normalized spacial score (nSPS) is 10.4. The molecule has 0 unspecified atom stereocenters. The van der Waals surface area contributed by atoms with E-state index >= 15 is 0 Å². The highest BCUT2D eigenvalue weighted by Gasteiger charge is 2.11. The smallest absolute Gasteiger partial charge is 0.252 e. The van der Waals surface area contributed by atoms with Crippen LogP contribution in [-0.4, -0.2) is 30.0 Å². The van der Waals surface area contributed by atoms with E-state index in [1.54, 1.807) is 0 Å². The summed E-state index contributed by atoms with van der Waals surface area (Å²) < 4.78 is 0. The lowest BCUT2D eigenvalue weighted by molar-refractivity contribution is -0.121. The zero-order valence-electron chi connectivity index (χ0n) is 11.6. The predicted octanol–water partition coefficient (Wildman–Crippen LogP) is 1.94. The Balaban J connectivity index is 2.40. The van der Waals surface area contributed by atoms with Crippen molar-refractivity contribution >= 4 is 23.4 Å². The van der Waals surface area contributed by atoms with Gasteiger partial charge in [0.25, 0.3) is 5.91 Å². The Labute approximate surface area is 123 Å². The average molecular weight is 299 g/mol. The molecule has 3 N–H and O–H groups in total. The molecule has 0 spiro atoms. The topological polar surface area (TPSA) is 78.4 Å². The van der Waals surface area contributed by atoms with Gasteiger partial charge in [0.1, 0.15) is 5.75 Å². The summed E-state index contributed by atoms with van der Waals surface area (Å²) >= 11 is 5.87. The van der Waals surface area contributed by atoms with Crippen molar-refractivity contribution in [1.82, 2.24) is 10.6 Å². The summed E-state index contributed by atoms with van der Waals surface area (Å²) in [4.78, 5) is 23.3. The SMILES string of the molecule is CC(C)CNC(=O)CCNC(=O)c1cc(O)ccc1Cl. The first-order valence-electron chi connectivity index (χ1n) is 6.43. The lowest BCUT2D eigenvalue weighted by Gasteiger charge is -2.09. The fourth-order valence-corrected chi connectivity index (χ4v) is 1.68. The Morgan fingerprint density at radius 2 is 2.00 bits per heavy atom. The van der Waals surface area contributed by atoms with Gasteiger partial charge in [-0.05, 0) is 24.1 Å². The summed E-state index contributed by atoms with van der Waals surface area (Å²) in [6.45, 7) is 4.85. The minimum atomic E-state index is -0.414. The quantitative estimate of drug-likeness (QED) is 0.751. The summed E-state index contributed by atoms with van der Waals surface area (Å²) in [6, 6.07) is 4.14. The van der Waals surface area contributed by atoms with E-state index in [4.69, 9.17) is 11.6 Å². The number of benzene rings is 1. The van der Waals surface area contributed by atoms with Crippen LogP contribution in [0.4, 0.5) is 0 Å². The van der Waals surface area contributed by atoms with Crippen LogP contribution in [0.5, 0.6) is 5.75 Å². The molecule has 0 aliphatic carbocycles. The minimum absolute atomic E-state index is 0.0331. The van der Waals surface area contributed by atoms with Crippen LogP contribution in [0.15, 0.2) is 18.2 Å². The highest BCUT2D eigenvalue weighted by atomic mass is 35.5. The second-order valence-corrected chi connectivity index (χ2v) is 5.28. The van der Waals surface area contributed by atoms with Gasteiger partial charge in [0.15, 0.2) is 0 Å². The van der Waals surface area contributed by atoms with Crippen molar-refractivity contribution in [2.45, 2.75) is 20.3 Å². The molecule has 0 aromatic heterocycles. The predicted molar refractivity (Wildman–Crippen MR) is 77.9 cm³/mol. The number of aromatic hydroxyl groups is 1. The molecule has 20 heavy (non-hydrogen) atoms. The summed E-state index contributed by atoms with van der Waals surface area (Å²) in [5.74, 6) is -0.169. The number of hydrogen-bond acceptors (Lipinski definition) is 3. The highest BCUT2D eigenvalue weighted by Crippen LogP contribution is 2.20. The van der Waals surface area contributed by atoms with Gasteiger partial charge in [0.05, 0.1) is 10.6 Å². The van der Waals surface area contributed by atoms with E-state index in [-0.39, 0.29) is 35.2 Å². The number of carbonyl (C=O) groups excluding carboxylic acids is 2. The van der Waals surface area contributed by atoms with E-state index in [1.807, 2.05) is 13.8 Å². The zero-order chi connectivity index (χ0) is 15.1. The summed E-state index contributed by atoms with van der Waals surface area (Å²) in [5, 5.41) is 14.9. The molecule has 0 saturated carbocycles. The van der Waals surface area contributed by atoms with Crippen molar-refractivity contribution in [3.05, 3.63) is 28.8 Å². The van der Waals surface area contributed by atoms with Gasteiger partial charge >= 0.3 is 0 Å². The molecule has 2 amide bonds. The third-order valence-corrected chi connectivity index (χ3v) is 2.87. The van der Waals surface area contributed by atoms with Crippen molar-refractivity contribution in [2.75, 3.05) is 13.1 Å². The molecule has 1 aromatic rings. The molecule has 0 atom stereocenters. The largest absolute Gasteiger partial charge is 0.508 e. The fourth-order valence-electron chi connectivity index (χ4n) is 1.48. The van der Waals surface area contributed by atoms with Gasteiger partial charge in [0.2, 0.25) is 5.91 Å². The molecule has 0 heterocycles. The van der Waals surface area contributed by atoms with Crippen molar-refractivity contribution in [2.24, 2.45) is 5.92 Å². The minimum Gasteiger partial charge on any atom is -0.508 e. The lowest BCUT2D eigenvalue weighted by atomic mass is 10.2. The maximum absolute atomic E-state index is 11.8. The van der Waals surface area contributed by atoms with Crippen LogP contribution in [0, 0.1) is 5.92 Å². The average Bonchev–Trinajstić information content (AvgIpc) is 2.39. The van der Waals surface area contributed by atoms with Gasteiger partial charge < -0.3 is 15.7 Å². The van der Waals surface area contributed by atoms with Crippen LogP contribution in [0.3, 0.4) is 0 Å². The number of halogens is 1. The first-order valence-corrected chi connectivity index (χ1v) is 6.81. The molecule has 0 aliphatic rings. The molecular weight excluding hydrogens is 280 g/mol. The zero-order valence-corrected chi connectivity index (χ0v) is 12.3. The second kappa shape index (κ2) is 7.75. The van der Waals surface area contributed by atoms with Gasteiger partial charge in [-0.3, -0.25) is 9.59 Å². The summed E-state index contributed by atoms with van der Waals surface area (Å²) in [6.07, 6.45) is 0.203. The van der Waals surface area contributed by atoms with Crippen molar-refractivity contribution in [3.63, 3.8) is 0 Å². The van der Waals surface area contributed by atoms with E-state index in [0.29, 0.717) is 12.5 Å². The van der Waals surface area contributed by atoms with Crippen molar-refractivity contribution in [1.29, 1.82) is 0 Å². The van der Waals surface area contributed by atoms with Gasteiger partial charge in [-0.15, -0.1) is 0 Å². The number of nitrogens with one attached hydrogen (secondary N) is 2. The van der Waals surface area contributed by atoms with Crippen molar-refractivity contribution in [3.8, 4) is 5.75 Å². The monoisotopic (exact) mass is 298 g/mol. The van der Waals surface area contributed by atoms with Crippen LogP contribution in [-0.2, 0) is 4.79 Å². The molecule has 1 aromatic carbocycles. The van der Waals surface area contributed by atoms with Crippen LogP contribution >= 0.6 is 11.6 Å².